The van der Waals surface area contributed by atoms with Gasteiger partial charge in [0.2, 0.25) is 15.9 Å². The molecule has 5 nitrogen and oxygen atoms in total. The molecule has 1 fully saturated rings. The number of amides is 1. The summed E-state index contributed by atoms with van der Waals surface area (Å²) in [4.78, 5) is 12.4. The molecule has 1 aliphatic heterocycles. The number of benzene rings is 2. The van der Waals surface area contributed by atoms with Crippen LogP contribution in [0.5, 0.6) is 0 Å². The quantitative estimate of drug-likeness (QED) is 0.786. The van der Waals surface area contributed by atoms with E-state index in [4.69, 9.17) is 11.6 Å². The molecule has 0 spiro atoms. The van der Waals surface area contributed by atoms with E-state index in [1.165, 1.54) is 46.8 Å². The number of anilines is 1. The topological polar surface area (TPSA) is 66.5 Å². The summed E-state index contributed by atoms with van der Waals surface area (Å²) < 4.78 is 40.8. The summed E-state index contributed by atoms with van der Waals surface area (Å²) in [5, 5.41) is 2.82. The minimum absolute atomic E-state index is 0.125. The van der Waals surface area contributed by atoms with Gasteiger partial charge >= 0.3 is 0 Å². The third-order valence-corrected chi connectivity index (χ3v) is 7.03. The van der Waals surface area contributed by atoms with E-state index in [-0.39, 0.29) is 21.9 Å². The summed E-state index contributed by atoms with van der Waals surface area (Å²) in [5.74, 6) is -0.639. The van der Waals surface area contributed by atoms with Crippen LogP contribution < -0.4 is 5.32 Å². The lowest BCUT2D eigenvalue weighted by molar-refractivity contribution is -0.115. The molecule has 2 aromatic rings. The molecule has 1 aliphatic rings. The van der Waals surface area contributed by atoms with Crippen molar-refractivity contribution in [2.75, 3.05) is 18.4 Å². The molecule has 1 atom stereocenters. The standard InChI is InChI=1S/C20H22ClFN2O3S/c1-14-4-3-11-24(13-14)28(26,27)16-9-7-15(8-10-16)23-20(25)12-17-18(21)5-2-6-19(17)22/h2,5-10,14H,3-4,11-13H2,1H3,(H,23,25). The number of nitrogens with one attached hydrogen (secondary N) is 1. The smallest absolute Gasteiger partial charge is 0.243 e. The van der Waals surface area contributed by atoms with Gasteiger partial charge in [0.15, 0.2) is 0 Å². The average Bonchev–Trinajstić information content (AvgIpc) is 2.65. The van der Waals surface area contributed by atoms with Crippen LogP contribution in [0.15, 0.2) is 47.4 Å². The van der Waals surface area contributed by atoms with Gasteiger partial charge in [-0.25, -0.2) is 12.8 Å². The molecule has 3 rings (SSSR count). The van der Waals surface area contributed by atoms with Crippen LogP contribution in [0, 0.1) is 11.7 Å². The lowest BCUT2D eigenvalue weighted by Crippen LogP contribution is -2.39. The van der Waals surface area contributed by atoms with Crippen LogP contribution in [0.2, 0.25) is 5.02 Å². The summed E-state index contributed by atoms with van der Waals surface area (Å²) in [6.07, 6.45) is 1.67. The molecule has 1 amide bonds. The Morgan fingerprint density at radius 2 is 1.96 bits per heavy atom. The maximum absolute atomic E-state index is 13.8. The van der Waals surface area contributed by atoms with E-state index < -0.39 is 21.7 Å². The Morgan fingerprint density at radius 3 is 2.61 bits per heavy atom. The lowest BCUT2D eigenvalue weighted by atomic mass is 10.0. The Balaban J connectivity index is 1.68. The second-order valence-electron chi connectivity index (χ2n) is 7.06. The predicted octanol–water partition coefficient (Wildman–Crippen LogP) is 4.08. The third kappa shape index (κ3) is 4.71. The van der Waals surface area contributed by atoms with E-state index >= 15 is 0 Å². The van der Waals surface area contributed by atoms with Crippen LogP contribution >= 0.6 is 11.6 Å². The van der Waals surface area contributed by atoms with Gasteiger partial charge in [-0.1, -0.05) is 24.6 Å². The molecule has 8 heteroatoms. The largest absolute Gasteiger partial charge is 0.326 e. The molecule has 0 radical (unpaired) electrons. The maximum Gasteiger partial charge on any atom is 0.243 e. The van der Waals surface area contributed by atoms with Gasteiger partial charge in [0, 0.05) is 29.4 Å². The van der Waals surface area contributed by atoms with Crippen molar-refractivity contribution < 1.29 is 17.6 Å². The van der Waals surface area contributed by atoms with Crippen molar-refractivity contribution in [3.63, 3.8) is 0 Å². The molecule has 1 heterocycles. The first kappa shape index (κ1) is 20.8. The molecule has 0 bridgehead atoms. The van der Waals surface area contributed by atoms with Crippen LogP contribution in [-0.2, 0) is 21.2 Å². The number of piperidine rings is 1. The van der Waals surface area contributed by atoms with Gasteiger partial charge in [-0.3, -0.25) is 4.79 Å². The minimum atomic E-state index is -3.55. The molecule has 1 N–H and O–H groups in total. The summed E-state index contributed by atoms with van der Waals surface area (Å²) in [6.45, 7) is 3.08. The molecule has 150 valence electrons. The molecule has 1 saturated heterocycles. The van der Waals surface area contributed by atoms with Crippen molar-refractivity contribution in [1.82, 2.24) is 4.31 Å². The highest BCUT2D eigenvalue weighted by Gasteiger charge is 2.28. The highest BCUT2D eigenvalue weighted by molar-refractivity contribution is 7.89. The summed E-state index contributed by atoms with van der Waals surface area (Å²) in [7, 11) is -3.55. The molecule has 0 aromatic heterocycles. The Bertz CT molecular complexity index is 944. The molecular formula is C20H22ClFN2O3S. The van der Waals surface area contributed by atoms with Crippen molar-refractivity contribution in [2.24, 2.45) is 5.92 Å². The zero-order valence-electron chi connectivity index (χ0n) is 15.5. The van der Waals surface area contributed by atoms with E-state index in [0.717, 1.165) is 12.8 Å². The number of hydrogen-bond donors (Lipinski definition) is 1. The van der Waals surface area contributed by atoms with Crippen LogP contribution in [-0.4, -0.2) is 31.7 Å². The fourth-order valence-electron chi connectivity index (χ4n) is 3.29. The van der Waals surface area contributed by atoms with E-state index in [0.29, 0.717) is 24.7 Å². The van der Waals surface area contributed by atoms with Crippen molar-refractivity contribution in [1.29, 1.82) is 0 Å². The van der Waals surface area contributed by atoms with Crippen molar-refractivity contribution in [2.45, 2.75) is 31.1 Å². The molecule has 2 aromatic carbocycles. The van der Waals surface area contributed by atoms with Gasteiger partial charge < -0.3 is 5.32 Å². The summed E-state index contributed by atoms with van der Waals surface area (Å²) >= 11 is 5.94. The van der Waals surface area contributed by atoms with Gasteiger partial charge in [0.25, 0.3) is 0 Å². The van der Waals surface area contributed by atoms with Crippen LogP contribution in [0.25, 0.3) is 0 Å². The minimum Gasteiger partial charge on any atom is -0.326 e. The Kier molecular flexibility index (Phi) is 6.37. The number of halogens is 2. The first-order valence-electron chi connectivity index (χ1n) is 9.10. The van der Waals surface area contributed by atoms with Crippen LogP contribution in [0.3, 0.4) is 0 Å². The van der Waals surface area contributed by atoms with E-state index in [9.17, 15) is 17.6 Å². The van der Waals surface area contributed by atoms with Crippen molar-refractivity contribution in [3.05, 3.63) is 58.9 Å². The second-order valence-corrected chi connectivity index (χ2v) is 9.41. The van der Waals surface area contributed by atoms with Crippen LogP contribution in [0.1, 0.15) is 25.3 Å². The molecular weight excluding hydrogens is 403 g/mol. The monoisotopic (exact) mass is 424 g/mol. The normalized spacial score (nSPS) is 18.0. The molecule has 28 heavy (non-hydrogen) atoms. The average molecular weight is 425 g/mol. The molecule has 0 saturated carbocycles. The molecule has 1 unspecified atom stereocenters. The third-order valence-electron chi connectivity index (χ3n) is 4.79. The van der Waals surface area contributed by atoms with E-state index in [1.54, 1.807) is 0 Å². The summed E-state index contributed by atoms with van der Waals surface area (Å²) in [5.41, 5.74) is 0.559. The highest BCUT2D eigenvalue weighted by atomic mass is 35.5. The fourth-order valence-corrected chi connectivity index (χ4v) is 5.12. The Morgan fingerprint density at radius 1 is 1.25 bits per heavy atom. The summed E-state index contributed by atoms with van der Waals surface area (Å²) in [6, 6.07) is 10.2. The first-order valence-corrected chi connectivity index (χ1v) is 10.9. The first-order chi connectivity index (χ1) is 13.3. The zero-order chi connectivity index (χ0) is 20.3. The number of carbonyl (C=O) groups is 1. The van der Waals surface area contributed by atoms with Gasteiger partial charge in [-0.2, -0.15) is 4.31 Å². The van der Waals surface area contributed by atoms with Gasteiger partial charge in [0.1, 0.15) is 5.82 Å². The molecule has 0 aliphatic carbocycles. The zero-order valence-corrected chi connectivity index (χ0v) is 17.1. The number of sulfonamides is 1. The Hall–Kier alpha value is -1.96. The highest BCUT2D eigenvalue weighted by Crippen LogP contribution is 2.25. The maximum atomic E-state index is 13.8. The SMILES string of the molecule is CC1CCCN(S(=O)(=O)c2ccc(NC(=O)Cc3c(F)cccc3Cl)cc2)C1. The number of rotatable bonds is 5. The fraction of sp³-hybridized carbons (Fsp3) is 0.350. The number of nitrogens with zero attached hydrogens (tertiary/aromatic N) is 1. The van der Waals surface area contributed by atoms with Crippen molar-refractivity contribution in [3.8, 4) is 0 Å². The second kappa shape index (κ2) is 8.59. The van der Waals surface area contributed by atoms with Crippen molar-refractivity contribution >= 4 is 33.2 Å². The van der Waals surface area contributed by atoms with Gasteiger partial charge in [-0.05, 0) is 55.2 Å². The lowest BCUT2D eigenvalue weighted by Gasteiger charge is -2.30. The van der Waals surface area contributed by atoms with E-state index in [2.05, 4.69) is 5.32 Å². The van der Waals surface area contributed by atoms with Gasteiger partial charge in [-0.15, -0.1) is 0 Å². The Labute approximate surface area is 169 Å². The van der Waals surface area contributed by atoms with Crippen LogP contribution in [0.4, 0.5) is 10.1 Å². The van der Waals surface area contributed by atoms with Gasteiger partial charge in [0.05, 0.1) is 11.3 Å². The predicted molar refractivity (Wildman–Crippen MR) is 107 cm³/mol. The number of carbonyl (C=O) groups excluding carboxylic acids is 1. The van der Waals surface area contributed by atoms with E-state index in [1.807, 2.05) is 6.92 Å². The number of hydrogen-bond acceptors (Lipinski definition) is 3.